The average molecular weight is 481 g/mol. The van der Waals surface area contributed by atoms with Gasteiger partial charge in [-0.1, -0.05) is 30.3 Å². The van der Waals surface area contributed by atoms with Gasteiger partial charge in [-0.15, -0.1) is 0 Å². The van der Waals surface area contributed by atoms with Crippen LogP contribution in [0.1, 0.15) is 21.5 Å². The molecule has 0 radical (unpaired) electrons. The van der Waals surface area contributed by atoms with E-state index in [0.29, 0.717) is 23.0 Å². The molecule has 10 heteroatoms. The maximum atomic E-state index is 14.2. The summed E-state index contributed by atoms with van der Waals surface area (Å²) in [5.74, 6) is -1.03. The molecule has 2 aromatic heterocycles. The number of halogens is 1. The van der Waals surface area contributed by atoms with E-state index in [1.807, 2.05) is 0 Å². The first kappa shape index (κ1) is 23.3. The Morgan fingerprint density at radius 3 is 2.50 bits per heavy atom. The van der Waals surface area contributed by atoms with Crippen LogP contribution in [-0.2, 0) is 23.0 Å². The average Bonchev–Trinajstić information content (AvgIpc) is 2.81. The molecule has 4 aromatic rings. The number of hydrogen-bond donors (Lipinski definition) is 2. The van der Waals surface area contributed by atoms with Gasteiger partial charge in [0.25, 0.3) is 11.5 Å². The Kier molecular flexibility index (Phi) is 6.53. The largest absolute Gasteiger partial charge is 0.352 e. The number of nitrogens with one attached hydrogen (secondary N) is 1. The van der Waals surface area contributed by atoms with Crippen molar-refractivity contribution in [2.75, 3.05) is 6.54 Å². The molecule has 4 rings (SSSR count). The Morgan fingerprint density at radius 2 is 1.79 bits per heavy atom. The molecule has 0 fully saturated rings. The van der Waals surface area contributed by atoms with Crippen LogP contribution in [0, 0.1) is 5.82 Å². The van der Waals surface area contributed by atoms with Crippen LogP contribution in [0.15, 0.2) is 82.6 Å². The zero-order valence-electron chi connectivity index (χ0n) is 17.9. The number of hydrogen-bond acceptors (Lipinski definition) is 5. The monoisotopic (exact) mass is 480 g/mol. The summed E-state index contributed by atoms with van der Waals surface area (Å²) in [5, 5.41) is 8.37. The molecule has 1 amide bonds. The highest BCUT2D eigenvalue weighted by Crippen LogP contribution is 2.15. The number of carbonyl (C=O) groups excluding carboxylic acids is 1. The summed E-state index contributed by atoms with van der Waals surface area (Å²) >= 11 is 0. The van der Waals surface area contributed by atoms with E-state index < -0.39 is 27.3 Å². The molecule has 0 atom stereocenters. The van der Waals surface area contributed by atoms with E-state index in [0.717, 1.165) is 5.56 Å². The van der Waals surface area contributed by atoms with Crippen molar-refractivity contribution in [1.29, 1.82) is 0 Å². The number of rotatable bonds is 7. The van der Waals surface area contributed by atoms with Gasteiger partial charge in [0, 0.05) is 23.7 Å². The van der Waals surface area contributed by atoms with E-state index >= 15 is 0 Å². The maximum Gasteiger partial charge on any atom is 0.265 e. The topological polar surface area (TPSA) is 124 Å². The van der Waals surface area contributed by atoms with Gasteiger partial charge in [0.2, 0.25) is 10.0 Å². The molecule has 2 heterocycles. The first-order valence-electron chi connectivity index (χ1n) is 10.4. The normalized spacial score (nSPS) is 11.5. The molecule has 174 valence electrons. The predicted molar refractivity (Wildman–Crippen MR) is 125 cm³/mol. The van der Waals surface area contributed by atoms with Crippen LogP contribution in [-0.4, -0.2) is 30.4 Å². The van der Waals surface area contributed by atoms with Crippen molar-refractivity contribution in [3.05, 3.63) is 106 Å². The van der Waals surface area contributed by atoms with Gasteiger partial charge in [0.05, 0.1) is 11.4 Å². The highest BCUT2D eigenvalue weighted by atomic mass is 32.2. The lowest BCUT2D eigenvalue weighted by molar-refractivity contribution is 0.0952. The minimum absolute atomic E-state index is 0.000428. The lowest BCUT2D eigenvalue weighted by atomic mass is 10.1. The van der Waals surface area contributed by atoms with E-state index in [1.165, 1.54) is 35.0 Å². The molecule has 0 aliphatic heterocycles. The molecule has 0 unspecified atom stereocenters. The number of nitrogens with two attached hydrogens (primary N) is 1. The summed E-state index contributed by atoms with van der Waals surface area (Å²) in [5.41, 5.74) is 0.776. The van der Waals surface area contributed by atoms with E-state index in [9.17, 15) is 22.4 Å². The lowest BCUT2D eigenvalue weighted by Gasteiger charge is -2.13. The standard InChI is InChI=1S/C24H21FN4O4S/c25-21-6-2-1-4-18(21)15-29-22-17(5-3-12-27-22)14-20(24(29)31)23(30)28-13-11-16-7-9-19(10-8-16)34(26,32)33/h1-10,12,14H,11,13,15H2,(H,28,30)(H2,26,32,33). The number of primary sulfonamides is 1. The van der Waals surface area contributed by atoms with Crippen LogP contribution >= 0.6 is 0 Å². The van der Waals surface area contributed by atoms with Gasteiger partial charge in [0.1, 0.15) is 17.0 Å². The van der Waals surface area contributed by atoms with Crippen LogP contribution < -0.4 is 16.0 Å². The number of pyridine rings is 2. The Balaban J connectivity index is 1.56. The zero-order chi connectivity index (χ0) is 24.3. The van der Waals surface area contributed by atoms with Gasteiger partial charge in [-0.3, -0.25) is 14.2 Å². The molecule has 0 spiro atoms. The summed E-state index contributed by atoms with van der Waals surface area (Å²) in [4.78, 5) is 30.3. The minimum atomic E-state index is -3.78. The molecule has 3 N–H and O–H groups in total. The van der Waals surface area contributed by atoms with Crippen molar-refractivity contribution in [3.8, 4) is 0 Å². The van der Waals surface area contributed by atoms with Crippen LogP contribution in [0.5, 0.6) is 0 Å². The van der Waals surface area contributed by atoms with Gasteiger partial charge in [-0.25, -0.2) is 22.9 Å². The smallest absolute Gasteiger partial charge is 0.265 e. The third-order valence-electron chi connectivity index (χ3n) is 5.33. The molecule has 0 saturated heterocycles. The fourth-order valence-corrected chi connectivity index (χ4v) is 4.09. The second-order valence-electron chi connectivity index (χ2n) is 7.65. The molecule has 34 heavy (non-hydrogen) atoms. The number of nitrogens with zero attached hydrogens (tertiary/aromatic N) is 2. The van der Waals surface area contributed by atoms with Crippen molar-refractivity contribution in [1.82, 2.24) is 14.9 Å². The number of amides is 1. The second kappa shape index (κ2) is 9.54. The highest BCUT2D eigenvalue weighted by molar-refractivity contribution is 7.89. The van der Waals surface area contributed by atoms with Crippen molar-refractivity contribution >= 4 is 27.0 Å². The van der Waals surface area contributed by atoms with Crippen molar-refractivity contribution in [2.24, 2.45) is 5.14 Å². The van der Waals surface area contributed by atoms with Crippen LogP contribution in [0.25, 0.3) is 11.0 Å². The zero-order valence-corrected chi connectivity index (χ0v) is 18.8. The van der Waals surface area contributed by atoms with Crippen LogP contribution in [0.3, 0.4) is 0 Å². The van der Waals surface area contributed by atoms with Gasteiger partial charge in [0.15, 0.2) is 0 Å². The molecule has 2 aromatic carbocycles. The van der Waals surface area contributed by atoms with E-state index in [1.54, 1.807) is 42.5 Å². The summed E-state index contributed by atoms with van der Waals surface area (Å²) in [7, 11) is -3.78. The number of sulfonamides is 1. The SMILES string of the molecule is NS(=O)(=O)c1ccc(CCNC(=O)c2cc3cccnc3n(Cc3ccccc3F)c2=O)cc1. The molecule has 0 aliphatic rings. The highest BCUT2D eigenvalue weighted by Gasteiger charge is 2.17. The summed E-state index contributed by atoms with van der Waals surface area (Å²) < 4.78 is 38.2. The third-order valence-corrected chi connectivity index (χ3v) is 6.26. The summed E-state index contributed by atoms with van der Waals surface area (Å²) in [6.45, 7) is 0.141. The fraction of sp³-hybridized carbons (Fsp3) is 0.125. The Labute approximate surface area is 194 Å². The van der Waals surface area contributed by atoms with Gasteiger partial charge < -0.3 is 5.32 Å². The van der Waals surface area contributed by atoms with Crippen LogP contribution in [0.2, 0.25) is 0 Å². The predicted octanol–water partition coefficient (Wildman–Crippen LogP) is 2.20. The summed E-state index contributed by atoms with van der Waals surface area (Å²) in [6, 6.07) is 17.0. The quantitative estimate of drug-likeness (QED) is 0.420. The number of benzene rings is 2. The lowest BCUT2D eigenvalue weighted by Crippen LogP contribution is -2.34. The van der Waals surface area contributed by atoms with Crippen LogP contribution in [0.4, 0.5) is 4.39 Å². The second-order valence-corrected chi connectivity index (χ2v) is 9.21. The van der Waals surface area contributed by atoms with Crippen molar-refractivity contribution in [3.63, 3.8) is 0 Å². The molecule has 0 bridgehead atoms. The van der Waals surface area contributed by atoms with E-state index in [-0.39, 0.29) is 23.5 Å². The first-order chi connectivity index (χ1) is 16.2. The Hall–Kier alpha value is -3.89. The van der Waals surface area contributed by atoms with Gasteiger partial charge in [-0.2, -0.15) is 0 Å². The first-order valence-corrected chi connectivity index (χ1v) is 11.9. The number of aromatic nitrogens is 2. The fourth-order valence-electron chi connectivity index (χ4n) is 3.57. The molecule has 0 aliphatic carbocycles. The number of carbonyl (C=O) groups is 1. The molecule has 0 saturated carbocycles. The molecular formula is C24H21FN4O4S. The Bertz CT molecular complexity index is 1530. The maximum absolute atomic E-state index is 14.2. The minimum Gasteiger partial charge on any atom is -0.352 e. The van der Waals surface area contributed by atoms with Crippen molar-refractivity contribution < 1.29 is 17.6 Å². The molecular weight excluding hydrogens is 459 g/mol. The third kappa shape index (κ3) is 5.03. The molecule has 8 nitrogen and oxygen atoms in total. The Morgan fingerprint density at radius 1 is 1.06 bits per heavy atom. The van der Waals surface area contributed by atoms with E-state index in [4.69, 9.17) is 5.14 Å². The van der Waals surface area contributed by atoms with Crippen molar-refractivity contribution in [2.45, 2.75) is 17.9 Å². The van der Waals surface area contributed by atoms with Gasteiger partial charge in [-0.05, 0) is 48.4 Å². The summed E-state index contributed by atoms with van der Waals surface area (Å²) in [6.07, 6.45) is 1.94. The van der Waals surface area contributed by atoms with Gasteiger partial charge >= 0.3 is 0 Å². The van der Waals surface area contributed by atoms with E-state index in [2.05, 4.69) is 10.3 Å². The number of fused-ring (bicyclic) bond motifs is 1.